The monoisotopic (exact) mass is 395 g/mol. The third kappa shape index (κ3) is 4.70. The van der Waals surface area contributed by atoms with Gasteiger partial charge in [0.05, 0.1) is 23.3 Å². The van der Waals surface area contributed by atoms with Crippen LogP contribution in [0.15, 0.2) is 35.2 Å². The number of anilines is 1. The van der Waals surface area contributed by atoms with Crippen LogP contribution >= 0.6 is 11.3 Å². The fourth-order valence-corrected chi connectivity index (χ4v) is 4.82. The molecule has 1 aromatic carbocycles. The molecule has 6 nitrogen and oxygen atoms in total. The van der Waals surface area contributed by atoms with Gasteiger partial charge in [0, 0.05) is 11.3 Å². The van der Waals surface area contributed by atoms with Crippen LogP contribution in [-0.4, -0.2) is 33.2 Å². The fraction of sp³-hybridized carbons (Fsp3) is 0.333. The molecule has 0 unspecified atom stereocenters. The molecule has 0 fully saturated rings. The molecular weight excluding hydrogens is 374 g/mol. The molecule has 1 N–H and O–H groups in total. The van der Waals surface area contributed by atoms with Crippen molar-refractivity contribution in [3.8, 4) is 0 Å². The normalized spacial score (nSPS) is 11.2. The Labute approximate surface area is 157 Å². The second kappa shape index (κ2) is 8.46. The Morgan fingerprint density at radius 2 is 1.81 bits per heavy atom. The number of aryl methyl sites for hydroxylation is 1. The Hall–Kier alpha value is -2.19. The number of rotatable bonds is 7. The first-order valence-corrected chi connectivity index (χ1v) is 10.5. The highest BCUT2D eigenvalue weighted by Crippen LogP contribution is 2.33. The van der Waals surface area contributed by atoms with E-state index in [1.807, 2.05) is 6.92 Å². The number of thiophene rings is 1. The van der Waals surface area contributed by atoms with E-state index in [-0.39, 0.29) is 29.4 Å². The summed E-state index contributed by atoms with van der Waals surface area (Å²) in [5, 5.41) is 3.13. The number of benzene rings is 1. The van der Waals surface area contributed by atoms with Gasteiger partial charge < -0.3 is 10.1 Å². The maximum absolute atomic E-state index is 12.2. The molecular formula is C18H21NO5S2. The summed E-state index contributed by atoms with van der Waals surface area (Å²) in [6, 6.07) is 8.14. The van der Waals surface area contributed by atoms with E-state index < -0.39 is 15.8 Å². The second-order valence-corrected chi connectivity index (χ2v) is 9.10. The Morgan fingerprint density at radius 1 is 1.15 bits per heavy atom. The van der Waals surface area contributed by atoms with Crippen molar-refractivity contribution in [3.05, 3.63) is 46.3 Å². The van der Waals surface area contributed by atoms with Crippen molar-refractivity contribution in [3.63, 3.8) is 0 Å². The molecule has 2 aromatic rings. The van der Waals surface area contributed by atoms with E-state index >= 15 is 0 Å². The molecule has 2 rings (SSSR count). The van der Waals surface area contributed by atoms with Crippen molar-refractivity contribution in [1.82, 2.24) is 0 Å². The lowest BCUT2D eigenvalue weighted by Crippen LogP contribution is -2.15. The average Bonchev–Trinajstić information content (AvgIpc) is 2.88. The molecule has 0 aliphatic carbocycles. The quantitative estimate of drug-likeness (QED) is 0.726. The summed E-state index contributed by atoms with van der Waals surface area (Å²) >= 11 is 1.30. The second-order valence-electron chi connectivity index (χ2n) is 5.76. The number of carbonyl (C=O) groups is 2. The van der Waals surface area contributed by atoms with Crippen molar-refractivity contribution in [2.24, 2.45) is 0 Å². The number of hydrogen-bond acceptors (Lipinski definition) is 6. The van der Waals surface area contributed by atoms with Crippen LogP contribution < -0.4 is 5.32 Å². The predicted molar refractivity (Wildman–Crippen MR) is 101 cm³/mol. The summed E-state index contributed by atoms with van der Waals surface area (Å²) in [5.74, 6) is -0.954. The van der Waals surface area contributed by atoms with Crippen molar-refractivity contribution >= 4 is 38.1 Å². The molecule has 1 aromatic heterocycles. The maximum atomic E-state index is 12.2. The van der Waals surface area contributed by atoms with Gasteiger partial charge in [0.2, 0.25) is 5.91 Å². The summed E-state index contributed by atoms with van der Waals surface area (Å²) in [6.07, 6.45) is 0.239. The molecule has 0 radical (unpaired) electrons. The van der Waals surface area contributed by atoms with Gasteiger partial charge in [0.1, 0.15) is 5.00 Å². The molecule has 1 heterocycles. The molecule has 8 heteroatoms. The lowest BCUT2D eigenvalue weighted by Gasteiger charge is -2.07. The third-order valence-corrected chi connectivity index (χ3v) is 6.89. The van der Waals surface area contributed by atoms with E-state index in [4.69, 9.17) is 4.74 Å². The number of ether oxygens (including phenoxy) is 1. The van der Waals surface area contributed by atoms with Crippen LogP contribution in [0.5, 0.6) is 0 Å². The van der Waals surface area contributed by atoms with Gasteiger partial charge in [-0.2, -0.15) is 0 Å². The molecule has 0 atom stereocenters. The molecule has 1 amide bonds. The van der Waals surface area contributed by atoms with E-state index in [0.29, 0.717) is 10.6 Å². The fourth-order valence-electron chi connectivity index (χ4n) is 2.42. The van der Waals surface area contributed by atoms with Gasteiger partial charge in [-0.3, -0.25) is 4.79 Å². The first-order valence-electron chi connectivity index (χ1n) is 8.02. The minimum Gasteiger partial charge on any atom is -0.465 e. The number of hydrogen-bond donors (Lipinski definition) is 1. The zero-order chi connectivity index (χ0) is 19.3. The van der Waals surface area contributed by atoms with Gasteiger partial charge in [-0.1, -0.05) is 18.2 Å². The third-order valence-electron chi connectivity index (χ3n) is 3.95. The molecule has 0 saturated carbocycles. The standard InChI is InChI=1S/C18H21NO5S2/c1-12-13(2)25-17(16(12)18(21)24-3)19-15(20)10-7-11-26(22,23)14-8-5-4-6-9-14/h4-6,8-9H,7,10-11H2,1-3H3,(H,19,20). The molecule has 26 heavy (non-hydrogen) atoms. The number of esters is 1. The highest BCUT2D eigenvalue weighted by molar-refractivity contribution is 7.91. The Bertz CT molecular complexity index is 901. The number of methoxy groups -OCH3 is 1. The van der Waals surface area contributed by atoms with Crippen LogP contribution in [0, 0.1) is 13.8 Å². The van der Waals surface area contributed by atoms with E-state index in [1.165, 1.54) is 30.6 Å². The van der Waals surface area contributed by atoms with Gasteiger partial charge in [-0.05, 0) is 38.0 Å². The van der Waals surface area contributed by atoms with E-state index in [2.05, 4.69) is 5.32 Å². The van der Waals surface area contributed by atoms with E-state index in [9.17, 15) is 18.0 Å². The molecule has 0 saturated heterocycles. The SMILES string of the molecule is COC(=O)c1c(NC(=O)CCCS(=O)(=O)c2ccccc2)sc(C)c1C. The minimum atomic E-state index is -3.41. The molecule has 0 bridgehead atoms. The van der Waals surface area contributed by atoms with Crippen LogP contribution in [0.1, 0.15) is 33.6 Å². The predicted octanol–water partition coefficient (Wildman–Crippen LogP) is 3.34. The molecule has 0 aliphatic heterocycles. The van der Waals surface area contributed by atoms with Gasteiger partial charge in [-0.15, -0.1) is 11.3 Å². The topological polar surface area (TPSA) is 89.5 Å². The van der Waals surface area contributed by atoms with Gasteiger partial charge in [-0.25, -0.2) is 13.2 Å². The summed E-state index contributed by atoms with van der Waals surface area (Å²) in [6.45, 7) is 3.65. The minimum absolute atomic E-state index is 0.0443. The van der Waals surface area contributed by atoms with Gasteiger partial charge >= 0.3 is 5.97 Å². The summed E-state index contributed by atoms with van der Waals surface area (Å²) in [4.78, 5) is 25.2. The molecule has 0 spiro atoms. The van der Waals surface area contributed by atoms with Crippen molar-refractivity contribution < 1.29 is 22.7 Å². The number of amides is 1. The Balaban J connectivity index is 1.98. The highest BCUT2D eigenvalue weighted by atomic mass is 32.2. The number of nitrogens with one attached hydrogen (secondary N) is 1. The van der Waals surface area contributed by atoms with Crippen molar-refractivity contribution in [1.29, 1.82) is 0 Å². The summed E-state index contributed by atoms with van der Waals surface area (Å²) in [7, 11) is -2.12. The van der Waals surface area contributed by atoms with Crippen LogP contribution in [0.3, 0.4) is 0 Å². The average molecular weight is 396 g/mol. The molecule has 140 valence electrons. The first-order chi connectivity index (χ1) is 12.3. The van der Waals surface area contributed by atoms with E-state index in [0.717, 1.165) is 10.4 Å². The smallest absolute Gasteiger partial charge is 0.341 e. The van der Waals surface area contributed by atoms with Crippen LogP contribution in [0.25, 0.3) is 0 Å². The zero-order valence-corrected chi connectivity index (χ0v) is 16.5. The maximum Gasteiger partial charge on any atom is 0.341 e. The lowest BCUT2D eigenvalue weighted by molar-refractivity contribution is -0.116. The van der Waals surface area contributed by atoms with Gasteiger partial charge in [0.15, 0.2) is 9.84 Å². The summed E-state index contributed by atoms with van der Waals surface area (Å²) < 4.78 is 29.2. The van der Waals surface area contributed by atoms with Crippen LogP contribution in [0.4, 0.5) is 5.00 Å². The lowest BCUT2D eigenvalue weighted by atomic mass is 10.1. The summed E-state index contributed by atoms with van der Waals surface area (Å²) in [5.41, 5.74) is 1.11. The number of carbonyl (C=O) groups excluding carboxylic acids is 2. The first kappa shape index (κ1) is 20.1. The van der Waals surface area contributed by atoms with Gasteiger partial charge in [0.25, 0.3) is 0 Å². The van der Waals surface area contributed by atoms with Crippen LogP contribution in [-0.2, 0) is 19.4 Å². The highest BCUT2D eigenvalue weighted by Gasteiger charge is 2.22. The zero-order valence-electron chi connectivity index (χ0n) is 14.9. The largest absolute Gasteiger partial charge is 0.465 e. The Morgan fingerprint density at radius 3 is 2.42 bits per heavy atom. The number of sulfone groups is 1. The van der Waals surface area contributed by atoms with Crippen molar-refractivity contribution in [2.45, 2.75) is 31.6 Å². The van der Waals surface area contributed by atoms with E-state index in [1.54, 1.807) is 25.1 Å². The van der Waals surface area contributed by atoms with Crippen LogP contribution in [0.2, 0.25) is 0 Å². The molecule has 0 aliphatic rings. The Kier molecular flexibility index (Phi) is 6.55. The van der Waals surface area contributed by atoms with Crippen molar-refractivity contribution in [2.75, 3.05) is 18.2 Å².